The summed E-state index contributed by atoms with van der Waals surface area (Å²) in [5.74, 6) is 3.00. The minimum absolute atomic E-state index is 0. The lowest BCUT2D eigenvalue weighted by molar-refractivity contribution is 0.550. The van der Waals surface area contributed by atoms with Gasteiger partial charge in [0.25, 0.3) is 0 Å². The van der Waals surface area contributed by atoms with Gasteiger partial charge in [0, 0.05) is 24.0 Å². The van der Waals surface area contributed by atoms with Crippen LogP contribution < -0.4 is 4.90 Å². The molecule has 0 N–H and O–H groups in total. The van der Waals surface area contributed by atoms with E-state index in [2.05, 4.69) is 62.9 Å². The van der Waals surface area contributed by atoms with Crippen LogP contribution in [0, 0.1) is 11.8 Å². The molecule has 0 aliphatic carbocycles. The van der Waals surface area contributed by atoms with Crippen LogP contribution in [0.4, 0.5) is 5.82 Å². The molecule has 0 unspecified atom stereocenters. The highest BCUT2D eigenvalue weighted by atomic mass is 35.5. The Labute approximate surface area is 162 Å². The van der Waals surface area contributed by atoms with Gasteiger partial charge in [-0.25, -0.2) is 9.97 Å². The summed E-state index contributed by atoms with van der Waals surface area (Å²) in [4.78, 5) is 12.2. The topological polar surface area (TPSA) is 29.0 Å². The summed E-state index contributed by atoms with van der Waals surface area (Å²) in [5, 5.41) is 1.13. The molecular formula is C22H28ClN3. The maximum absolute atomic E-state index is 4.99. The van der Waals surface area contributed by atoms with Gasteiger partial charge >= 0.3 is 0 Å². The first kappa shape index (κ1) is 20.2. The van der Waals surface area contributed by atoms with Crippen molar-refractivity contribution in [1.29, 1.82) is 0 Å². The quantitative estimate of drug-likeness (QED) is 0.546. The number of nitrogens with zero attached hydrogens (tertiary/aromatic N) is 3. The first-order valence-electron chi connectivity index (χ1n) is 9.11. The Balaban J connectivity index is 0.00000243. The van der Waals surface area contributed by atoms with E-state index < -0.39 is 0 Å². The Morgan fingerprint density at radius 2 is 1.35 bits per heavy atom. The molecule has 3 rings (SSSR count). The number of rotatable bonds is 6. The second kappa shape index (κ2) is 9.00. The number of para-hydroxylation sites is 1. The van der Waals surface area contributed by atoms with Gasteiger partial charge in [-0.1, -0.05) is 70.2 Å². The zero-order chi connectivity index (χ0) is 17.8. The molecule has 3 aromatic rings. The average molecular weight is 370 g/mol. The third-order valence-corrected chi connectivity index (χ3v) is 4.09. The largest absolute Gasteiger partial charge is 0.355 e. The first-order valence-corrected chi connectivity index (χ1v) is 9.11. The Morgan fingerprint density at radius 3 is 1.96 bits per heavy atom. The fourth-order valence-electron chi connectivity index (χ4n) is 3.15. The highest BCUT2D eigenvalue weighted by Gasteiger charge is 2.17. The molecule has 0 amide bonds. The van der Waals surface area contributed by atoms with Crippen LogP contribution >= 0.6 is 12.4 Å². The molecule has 2 aromatic carbocycles. The smallest absolute Gasteiger partial charge is 0.162 e. The molecule has 0 aliphatic heterocycles. The van der Waals surface area contributed by atoms with Gasteiger partial charge < -0.3 is 4.90 Å². The Bertz CT molecular complexity index is 821. The van der Waals surface area contributed by atoms with E-state index in [9.17, 15) is 0 Å². The van der Waals surface area contributed by atoms with Crippen LogP contribution in [0.15, 0.2) is 54.6 Å². The van der Waals surface area contributed by atoms with E-state index in [1.807, 2.05) is 24.3 Å². The van der Waals surface area contributed by atoms with Gasteiger partial charge in [0.1, 0.15) is 5.82 Å². The summed E-state index contributed by atoms with van der Waals surface area (Å²) in [6, 6.07) is 18.6. The van der Waals surface area contributed by atoms with Crippen molar-refractivity contribution < 1.29 is 0 Å². The summed E-state index contributed by atoms with van der Waals surface area (Å²) in [7, 11) is 0. The lowest BCUT2D eigenvalue weighted by Gasteiger charge is -2.28. The van der Waals surface area contributed by atoms with Crippen molar-refractivity contribution in [3.05, 3.63) is 54.6 Å². The Hall–Kier alpha value is -2.13. The summed E-state index contributed by atoms with van der Waals surface area (Å²) in [5.41, 5.74) is 2.06. The van der Waals surface area contributed by atoms with E-state index >= 15 is 0 Å². The van der Waals surface area contributed by atoms with E-state index in [-0.39, 0.29) is 12.4 Å². The summed E-state index contributed by atoms with van der Waals surface area (Å²) in [6.45, 7) is 11.0. The second-order valence-corrected chi connectivity index (χ2v) is 7.45. The SMILES string of the molecule is CC(C)CN(CC(C)C)c1nc(-c2ccccc2)nc2ccccc12.Cl. The summed E-state index contributed by atoms with van der Waals surface area (Å²) in [6.07, 6.45) is 0. The Kier molecular flexibility index (Phi) is 6.98. The normalized spacial score (nSPS) is 11.0. The molecule has 138 valence electrons. The number of fused-ring (bicyclic) bond motifs is 1. The number of halogens is 1. The first-order chi connectivity index (χ1) is 12.0. The second-order valence-electron chi connectivity index (χ2n) is 7.45. The number of hydrogen-bond acceptors (Lipinski definition) is 3. The van der Waals surface area contributed by atoms with Crippen molar-refractivity contribution in [2.24, 2.45) is 11.8 Å². The lowest BCUT2D eigenvalue weighted by atomic mass is 10.1. The minimum Gasteiger partial charge on any atom is -0.355 e. The van der Waals surface area contributed by atoms with Crippen molar-refractivity contribution >= 4 is 29.1 Å². The molecule has 3 nitrogen and oxygen atoms in total. The number of hydrogen-bond donors (Lipinski definition) is 0. The van der Waals surface area contributed by atoms with Crippen LogP contribution in [0.5, 0.6) is 0 Å². The zero-order valence-corrected chi connectivity index (χ0v) is 16.8. The predicted octanol–water partition coefficient (Wildman–Crippen LogP) is 5.84. The fraction of sp³-hybridized carbons (Fsp3) is 0.364. The van der Waals surface area contributed by atoms with Crippen molar-refractivity contribution in [2.45, 2.75) is 27.7 Å². The molecule has 0 spiro atoms. The van der Waals surface area contributed by atoms with Gasteiger partial charge in [-0.2, -0.15) is 0 Å². The van der Waals surface area contributed by atoms with Crippen LogP contribution in [-0.2, 0) is 0 Å². The van der Waals surface area contributed by atoms with Crippen molar-refractivity contribution in [3.8, 4) is 11.4 Å². The molecule has 0 saturated carbocycles. The molecular weight excluding hydrogens is 342 g/mol. The van der Waals surface area contributed by atoms with Crippen LogP contribution in [0.2, 0.25) is 0 Å². The molecule has 26 heavy (non-hydrogen) atoms. The minimum atomic E-state index is 0. The molecule has 0 fully saturated rings. The monoisotopic (exact) mass is 369 g/mol. The molecule has 4 heteroatoms. The number of benzene rings is 2. The van der Waals surface area contributed by atoms with Gasteiger partial charge in [-0.15, -0.1) is 12.4 Å². The average Bonchev–Trinajstić information content (AvgIpc) is 2.60. The zero-order valence-electron chi connectivity index (χ0n) is 16.0. The van der Waals surface area contributed by atoms with Crippen LogP contribution in [0.1, 0.15) is 27.7 Å². The lowest BCUT2D eigenvalue weighted by Crippen LogP contribution is -2.32. The maximum atomic E-state index is 4.99. The highest BCUT2D eigenvalue weighted by Crippen LogP contribution is 2.28. The highest BCUT2D eigenvalue weighted by molar-refractivity contribution is 5.91. The van der Waals surface area contributed by atoms with E-state index in [0.29, 0.717) is 11.8 Å². The van der Waals surface area contributed by atoms with Crippen molar-refractivity contribution in [1.82, 2.24) is 9.97 Å². The van der Waals surface area contributed by atoms with E-state index in [1.165, 1.54) is 0 Å². The van der Waals surface area contributed by atoms with E-state index in [0.717, 1.165) is 41.2 Å². The van der Waals surface area contributed by atoms with E-state index in [1.54, 1.807) is 0 Å². The molecule has 0 saturated heterocycles. The predicted molar refractivity (Wildman–Crippen MR) is 114 cm³/mol. The standard InChI is InChI=1S/C22H27N3.ClH/c1-16(2)14-25(15-17(3)4)22-19-12-8-9-13-20(19)23-21(24-22)18-10-6-5-7-11-18;/h5-13,16-17H,14-15H2,1-4H3;1H. The van der Waals surface area contributed by atoms with Gasteiger partial charge in [-0.3, -0.25) is 0 Å². The van der Waals surface area contributed by atoms with Gasteiger partial charge in [0.05, 0.1) is 5.52 Å². The maximum Gasteiger partial charge on any atom is 0.162 e. The van der Waals surface area contributed by atoms with Crippen LogP contribution in [-0.4, -0.2) is 23.1 Å². The molecule has 0 bridgehead atoms. The van der Waals surface area contributed by atoms with Crippen molar-refractivity contribution in [2.75, 3.05) is 18.0 Å². The Morgan fingerprint density at radius 1 is 0.769 bits per heavy atom. The fourth-order valence-corrected chi connectivity index (χ4v) is 3.15. The molecule has 0 aliphatic rings. The van der Waals surface area contributed by atoms with Crippen LogP contribution in [0.3, 0.4) is 0 Å². The van der Waals surface area contributed by atoms with Crippen LogP contribution in [0.25, 0.3) is 22.3 Å². The number of anilines is 1. The van der Waals surface area contributed by atoms with Gasteiger partial charge in [-0.05, 0) is 24.0 Å². The summed E-state index contributed by atoms with van der Waals surface area (Å²) < 4.78 is 0. The molecule has 1 aromatic heterocycles. The third kappa shape index (κ3) is 4.73. The third-order valence-electron chi connectivity index (χ3n) is 4.09. The molecule has 1 heterocycles. The van der Waals surface area contributed by atoms with Gasteiger partial charge in [0.2, 0.25) is 0 Å². The van der Waals surface area contributed by atoms with Crippen molar-refractivity contribution in [3.63, 3.8) is 0 Å². The van der Waals surface area contributed by atoms with Gasteiger partial charge in [0.15, 0.2) is 5.82 Å². The molecule has 0 atom stereocenters. The van der Waals surface area contributed by atoms with E-state index in [4.69, 9.17) is 9.97 Å². The number of aromatic nitrogens is 2. The molecule has 0 radical (unpaired) electrons. The summed E-state index contributed by atoms with van der Waals surface area (Å²) >= 11 is 0.